The van der Waals surface area contributed by atoms with Gasteiger partial charge in [-0.2, -0.15) is 0 Å². The van der Waals surface area contributed by atoms with E-state index in [9.17, 15) is 5.11 Å². The number of aromatic nitrogens is 2. The van der Waals surface area contributed by atoms with Crippen molar-refractivity contribution in [3.8, 4) is 0 Å². The van der Waals surface area contributed by atoms with E-state index in [2.05, 4.69) is 20.7 Å². The summed E-state index contributed by atoms with van der Waals surface area (Å²) in [5.74, 6) is 7.67. The number of nitrogen functional groups attached to an aromatic ring is 1. The van der Waals surface area contributed by atoms with Gasteiger partial charge in [0.1, 0.15) is 17.5 Å². The average Bonchev–Trinajstić information content (AvgIpc) is 2.66. The quantitative estimate of drug-likeness (QED) is 0.381. The summed E-state index contributed by atoms with van der Waals surface area (Å²) in [4.78, 5) is 8.88. The summed E-state index contributed by atoms with van der Waals surface area (Å²) >= 11 is 0. The van der Waals surface area contributed by atoms with E-state index < -0.39 is 0 Å². The molecule has 20 heavy (non-hydrogen) atoms. The number of rotatable bonds is 4. The van der Waals surface area contributed by atoms with E-state index in [1.807, 2.05) is 13.8 Å². The van der Waals surface area contributed by atoms with Crippen LogP contribution in [0, 0.1) is 6.92 Å². The van der Waals surface area contributed by atoms with Crippen LogP contribution in [0.3, 0.4) is 0 Å². The fourth-order valence-corrected chi connectivity index (χ4v) is 2.63. The Kier molecular flexibility index (Phi) is 5.14. The van der Waals surface area contributed by atoms with Crippen LogP contribution in [0.5, 0.6) is 0 Å². The Morgan fingerprint density at radius 3 is 2.60 bits per heavy atom. The number of nitrogens with zero attached hydrogens (tertiary/aromatic N) is 2. The molecule has 1 aromatic heterocycles. The highest BCUT2D eigenvalue weighted by molar-refractivity contribution is 5.57. The van der Waals surface area contributed by atoms with Crippen LogP contribution in [0.4, 0.5) is 11.6 Å². The van der Waals surface area contributed by atoms with Gasteiger partial charge in [-0.05, 0) is 19.8 Å². The summed E-state index contributed by atoms with van der Waals surface area (Å²) < 4.78 is 0. The van der Waals surface area contributed by atoms with Crippen molar-refractivity contribution in [1.29, 1.82) is 0 Å². The lowest BCUT2D eigenvalue weighted by Gasteiger charge is -2.24. The van der Waals surface area contributed by atoms with Crippen molar-refractivity contribution in [2.24, 2.45) is 5.84 Å². The molecule has 0 saturated heterocycles. The highest BCUT2D eigenvalue weighted by Gasteiger charge is 2.23. The molecule has 1 fully saturated rings. The maximum absolute atomic E-state index is 10.2. The molecule has 6 heteroatoms. The molecule has 0 radical (unpaired) electrons. The van der Waals surface area contributed by atoms with Gasteiger partial charge in [0, 0.05) is 12.0 Å². The van der Waals surface area contributed by atoms with Crippen molar-refractivity contribution in [2.45, 2.75) is 64.5 Å². The lowest BCUT2D eigenvalue weighted by Crippen LogP contribution is -2.33. The predicted molar refractivity (Wildman–Crippen MR) is 80.5 cm³/mol. The SMILES string of the molecule is CCc1nc(NN)c(C)c(NC2CCCCCC2O)n1. The topological polar surface area (TPSA) is 96.1 Å². The Balaban J connectivity index is 2.22. The Morgan fingerprint density at radius 1 is 1.20 bits per heavy atom. The number of hydrazine groups is 1. The minimum absolute atomic E-state index is 0.0569. The first-order valence-corrected chi connectivity index (χ1v) is 7.44. The molecule has 2 unspecified atom stereocenters. The van der Waals surface area contributed by atoms with Crippen LogP contribution in [-0.4, -0.2) is 27.2 Å². The Labute approximate surface area is 120 Å². The standard InChI is InChI=1S/C14H25N5O/c1-3-12-17-13(9(2)14(18-12)19-15)16-10-7-5-4-6-8-11(10)20/h10-11,20H,3-8,15H2,1-2H3,(H2,16,17,18,19). The monoisotopic (exact) mass is 279 g/mol. The van der Waals surface area contributed by atoms with E-state index in [1.165, 1.54) is 6.42 Å². The highest BCUT2D eigenvalue weighted by atomic mass is 16.3. The summed E-state index contributed by atoms with van der Waals surface area (Å²) in [5, 5.41) is 13.6. The van der Waals surface area contributed by atoms with Crippen LogP contribution in [0.2, 0.25) is 0 Å². The van der Waals surface area contributed by atoms with Crippen molar-refractivity contribution in [3.63, 3.8) is 0 Å². The summed E-state index contributed by atoms with van der Waals surface area (Å²) in [6.45, 7) is 3.94. The van der Waals surface area contributed by atoms with Crippen LogP contribution in [0.1, 0.15) is 50.4 Å². The molecule has 0 spiro atoms. The van der Waals surface area contributed by atoms with Crippen molar-refractivity contribution in [3.05, 3.63) is 11.4 Å². The number of anilines is 2. The van der Waals surface area contributed by atoms with Crippen molar-refractivity contribution < 1.29 is 5.11 Å². The lowest BCUT2D eigenvalue weighted by molar-refractivity contribution is 0.144. The summed E-state index contributed by atoms with van der Waals surface area (Å²) in [6, 6.07) is 0.0569. The number of hydrogen-bond donors (Lipinski definition) is 4. The largest absolute Gasteiger partial charge is 0.391 e. The molecule has 1 aliphatic rings. The fraction of sp³-hybridized carbons (Fsp3) is 0.714. The zero-order chi connectivity index (χ0) is 14.5. The highest BCUT2D eigenvalue weighted by Crippen LogP contribution is 2.25. The lowest BCUT2D eigenvalue weighted by atomic mass is 10.1. The normalized spacial score (nSPS) is 23.2. The second-order valence-electron chi connectivity index (χ2n) is 5.42. The minimum Gasteiger partial charge on any atom is -0.391 e. The molecule has 1 saturated carbocycles. The van der Waals surface area contributed by atoms with Gasteiger partial charge in [-0.15, -0.1) is 0 Å². The third-order valence-electron chi connectivity index (χ3n) is 3.95. The van der Waals surface area contributed by atoms with Gasteiger partial charge in [-0.3, -0.25) is 0 Å². The van der Waals surface area contributed by atoms with Gasteiger partial charge in [0.2, 0.25) is 0 Å². The van der Waals surface area contributed by atoms with Gasteiger partial charge in [0.15, 0.2) is 0 Å². The Bertz CT molecular complexity index is 451. The molecule has 0 amide bonds. The first-order valence-electron chi connectivity index (χ1n) is 7.44. The number of nitrogens with one attached hydrogen (secondary N) is 2. The zero-order valence-electron chi connectivity index (χ0n) is 12.3. The van der Waals surface area contributed by atoms with Crippen molar-refractivity contribution in [2.75, 3.05) is 10.7 Å². The second-order valence-corrected chi connectivity index (χ2v) is 5.42. The van der Waals surface area contributed by atoms with Gasteiger partial charge < -0.3 is 15.8 Å². The Morgan fingerprint density at radius 2 is 1.90 bits per heavy atom. The van der Waals surface area contributed by atoms with Crippen LogP contribution >= 0.6 is 0 Å². The molecule has 0 aromatic carbocycles. The van der Waals surface area contributed by atoms with Crippen LogP contribution in [0.25, 0.3) is 0 Å². The first kappa shape index (κ1) is 15.0. The van der Waals surface area contributed by atoms with Crippen molar-refractivity contribution >= 4 is 11.6 Å². The number of aryl methyl sites for hydroxylation is 1. The maximum Gasteiger partial charge on any atom is 0.148 e. The zero-order valence-corrected chi connectivity index (χ0v) is 12.3. The molecule has 2 atom stereocenters. The molecule has 5 N–H and O–H groups in total. The smallest absolute Gasteiger partial charge is 0.148 e. The molecular formula is C14H25N5O. The van der Waals surface area contributed by atoms with E-state index >= 15 is 0 Å². The van der Waals surface area contributed by atoms with Crippen molar-refractivity contribution in [1.82, 2.24) is 9.97 Å². The van der Waals surface area contributed by atoms with Gasteiger partial charge in [-0.25, -0.2) is 15.8 Å². The molecule has 6 nitrogen and oxygen atoms in total. The van der Waals surface area contributed by atoms with Crippen LogP contribution in [0.15, 0.2) is 0 Å². The molecule has 1 aromatic rings. The molecule has 112 valence electrons. The summed E-state index contributed by atoms with van der Waals surface area (Å²) in [5.41, 5.74) is 3.51. The van der Waals surface area contributed by atoms with E-state index in [-0.39, 0.29) is 12.1 Å². The summed E-state index contributed by atoms with van der Waals surface area (Å²) in [7, 11) is 0. The molecule has 2 rings (SSSR count). The van der Waals surface area contributed by atoms with E-state index in [4.69, 9.17) is 5.84 Å². The van der Waals surface area contributed by atoms with E-state index in [0.717, 1.165) is 49.3 Å². The molecule has 0 aliphatic heterocycles. The summed E-state index contributed by atoms with van der Waals surface area (Å²) in [6.07, 6.45) is 5.68. The van der Waals surface area contributed by atoms with Crippen LogP contribution < -0.4 is 16.6 Å². The van der Waals surface area contributed by atoms with Gasteiger partial charge in [0.05, 0.1) is 12.1 Å². The van der Waals surface area contributed by atoms with E-state index in [1.54, 1.807) is 0 Å². The van der Waals surface area contributed by atoms with Gasteiger partial charge in [-0.1, -0.05) is 26.2 Å². The number of hydrogen-bond acceptors (Lipinski definition) is 6. The number of aliphatic hydroxyl groups excluding tert-OH is 1. The fourth-order valence-electron chi connectivity index (χ4n) is 2.63. The Hall–Kier alpha value is -1.40. The molecule has 1 aliphatic carbocycles. The predicted octanol–water partition coefficient (Wildman–Crippen LogP) is 1.74. The van der Waals surface area contributed by atoms with E-state index in [0.29, 0.717) is 5.82 Å². The van der Waals surface area contributed by atoms with Gasteiger partial charge >= 0.3 is 0 Å². The third-order valence-corrected chi connectivity index (χ3v) is 3.95. The maximum atomic E-state index is 10.2. The molecule has 1 heterocycles. The minimum atomic E-state index is -0.314. The average molecular weight is 279 g/mol. The molecule has 0 bridgehead atoms. The van der Waals surface area contributed by atoms with Crippen LogP contribution in [-0.2, 0) is 6.42 Å². The first-order chi connectivity index (χ1) is 9.65. The third kappa shape index (κ3) is 3.37. The van der Waals surface area contributed by atoms with Gasteiger partial charge in [0.25, 0.3) is 0 Å². The number of nitrogens with two attached hydrogens (primary N) is 1. The second kappa shape index (κ2) is 6.85. The molecular weight excluding hydrogens is 254 g/mol. The number of aliphatic hydroxyl groups is 1.